The fourth-order valence-corrected chi connectivity index (χ4v) is 2.17. The number of likely N-dealkylation sites (tertiary alicyclic amines) is 1. The molecule has 1 rings (SSSR count). The van der Waals surface area contributed by atoms with Crippen molar-refractivity contribution in [2.45, 2.75) is 44.8 Å². The first-order chi connectivity index (χ1) is 8.47. The molecule has 2 N–H and O–H groups in total. The number of aliphatic hydroxyl groups is 1. The number of β-amino-alcohol motifs (C(OH)–C–C–N with tert-alkyl or cyclic N) is 1. The Bertz CT molecular complexity index is 308. The van der Waals surface area contributed by atoms with Gasteiger partial charge in [-0.15, -0.1) is 0 Å². The summed E-state index contributed by atoms with van der Waals surface area (Å²) in [5, 5.41) is 18.5. The number of aliphatic carboxylic acids is 1. The van der Waals surface area contributed by atoms with Crippen LogP contribution < -0.4 is 0 Å². The predicted octanol–water partition coefficient (Wildman–Crippen LogP) is 0.748. The van der Waals surface area contributed by atoms with Gasteiger partial charge in [0.1, 0.15) is 6.04 Å². The third kappa shape index (κ3) is 3.60. The Morgan fingerprint density at radius 1 is 1.39 bits per heavy atom. The van der Waals surface area contributed by atoms with Crippen LogP contribution in [0.5, 0.6) is 0 Å². The van der Waals surface area contributed by atoms with Gasteiger partial charge in [0.05, 0.1) is 6.10 Å². The highest BCUT2D eigenvalue weighted by Gasteiger charge is 2.39. The summed E-state index contributed by atoms with van der Waals surface area (Å²) in [7, 11) is 1.67. The number of nitrogens with zero attached hydrogens (tertiary/aromatic N) is 2. The minimum absolute atomic E-state index is 0.105. The van der Waals surface area contributed by atoms with Gasteiger partial charge in [0.25, 0.3) is 0 Å². The lowest BCUT2D eigenvalue weighted by Crippen LogP contribution is -2.47. The second-order valence-electron chi connectivity index (χ2n) is 4.81. The number of carboxylic acid groups (broad SMARTS) is 1. The number of carboxylic acids is 1. The average molecular weight is 258 g/mol. The topological polar surface area (TPSA) is 81.1 Å². The zero-order valence-electron chi connectivity index (χ0n) is 11.0. The van der Waals surface area contributed by atoms with E-state index >= 15 is 0 Å². The summed E-state index contributed by atoms with van der Waals surface area (Å²) in [6.45, 7) is 2.80. The maximum atomic E-state index is 12.1. The van der Waals surface area contributed by atoms with Crippen molar-refractivity contribution in [2.24, 2.45) is 0 Å². The van der Waals surface area contributed by atoms with Crippen molar-refractivity contribution in [3.63, 3.8) is 0 Å². The molecule has 0 spiro atoms. The van der Waals surface area contributed by atoms with Gasteiger partial charge in [0.15, 0.2) is 0 Å². The molecule has 0 aromatic heterocycles. The Labute approximate surface area is 107 Å². The number of carbonyl (C=O) groups is 2. The zero-order chi connectivity index (χ0) is 13.7. The first-order valence-corrected chi connectivity index (χ1v) is 6.40. The standard InChI is InChI=1S/C12H22N2O4/c1-3-4-5-6-13(2)12(18)14-8-9(15)7-10(14)11(16)17/h9-10,15H,3-8H2,1-2H3,(H,16,17)/t9-,10+/m1/s1. The molecule has 18 heavy (non-hydrogen) atoms. The summed E-state index contributed by atoms with van der Waals surface area (Å²) in [6, 6.07) is -1.21. The molecule has 0 aromatic carbocycles. The fourth-order valence-electron chi connectivity index (χ4n) is 2.17. The molecule has 1 heterocycles. The minimum atomic E-state index is -1.05. The van der Waals surface area contributed by atoms with Crippen LogP contribution in [0.15, 0.2) is 0 Å². The largest absolute Gasteiger partial charge is 0.480 e. The third-order valence-corrected chi connectivity index (χ3v) is 3.23. The van der Waals surface area contributed by atoms with E-state index in [0.29, 0.717) is 6.54 Å². The van der Waals surface area contributed by atoms with Crippen LogP contribution in [0.2, 0.25) is 0 Å². The van der Waals surface area contributed by atoms with Crippen LogP contribution in [0.4, 0.5) is 4.79 Å². The highest BCUT2D eigenvalue weighted by Crippen LogP contribution is 2.19. The molecule has 0 aromatic rings. The molecule has 6 heteroatoms. The number of urea groups is 1. The van der Waals surface area contributed by atoms with Crippen LogP contribution in [-0.2, 0) is 4.79 Å². The molecule has 0 unspecified atom stereocenters. The molecule has 0 radical (unpaired) electrons. The van der Waals surface area contributed by atoms with Crippen molar-refractivity contribution in [1.82, 2.24) is 9.80 Å². The number of aliphatic hydroxyl groups excluding tert-OH is 1. The van der Waals surface area contributed by atoms with E-state index in [1.807, 2.05) is 0 Å². The highest BCUT2D eigenvalue weighted by atomic mass is 16.4. The molecule has 104 valence electrons. The summed E-state index contributed by atoms with van der Waals surface area (Å²) in [4.78, 5) is 25.9. The summed E-state index contributed by atoms with van der Waals surface area (Å²) in [5.74, 6) is -1.05. The van der Waals surface area contributed by atoms with Gasteiger partial charge in [-0.25, -0.2) is 9.59 Å². The summed E-state index contributed by atoms with van der Waals surface area (Å²) in [6.07, 6.45) is 2.40. The molecule has 1 aliphatic rings. The molecule has 1 fully saturated rings. The molecule has 1 aliphatic heterocycles. The molecular formula is C12H22N2O4. The molecule has 0 bridgehead atoms. The number of unbranched alkanes of at least 4 members (excludes halogenated alkanes) is 2. The fraction of sp³-hybridized carbons (Fsp3) is 0.833. The van der Waals surface area contributed by atoms with Gasteiger partial charge in [-0.3, -0.25) is 0 Å². The molecule has 0 aliphatic carbocycles. The van der Waals surface area contributed by atoms with E-state index in [1.165, 1.54) is 9.80 Å². The lowest BCUT2D eigenvalue weighted by atomic mass is 10.2. The van der Waals surface area contributed by atoms with Crippen LogP contribution >= 0.6 is 0 Å². The average Bonchev–Trinajstić information content (AvgIpc) is 2.70. The number of hydrogen-bond acceptors (Lipinski definition) is 3. The Hall–Kier alpha value is -1.30. The number of rotatable bonds is 5. The van der Waals surface area contributed by atoms with Crippen molar-refractivity contribution in [1.29, 1.82) is 0 Å². The number of hydrogen-bond donors (Lipinski definition) is 2. The zero-order valence-corrected chi connectivity index (χ0v) is 11.0. The number of carbonyl (C=O) groups excluding carboxylic acids is 1. The summed E-state index contributed by atoms with van der Waals surface area (Å²) < 4.78 is 0. The van der Waals surface area contributed by atoms with E-state index in [2.05, 4.69) is 6.92 Å². The molecule has 6 nitrogen and oxygen atoms in total. The maximum absolute atomic E-state index is 12.1. The minimum Gasteiger partial charge on any atom is -0.480 e. The Balaban J connectivity index is 2.56. The molecule has 2 atom stereocenters. The second-order valence-corrected chi connectivity index (χ2v) is 4.81. The van der Waals surface area contributed by atoms with Crippen LogP contribution in [0.3, 0.4) is 0 Å². The molecule has 2 amide bonds. The first-order valence-electron chi connectivity index (χ1n) is 6.40. The maximum Gasteiger partial charge on any atom is 0.326 e. The van der Waals surface area contributed by atoms with Crippen molar-refractivity contribution < 1.29 is 19.8 Å². The van der Waals surface area contributed by atoms with Crippen molar-refractivity contribution >= 4 is 12.0 Å². The normalized spacial score (nSPS) is 23.2. The monoisotopic (exact) mass is 258 g/mol. The van der Waals surface area contributed by atoms with Gasteiger partial charge in [-0.05, 0) is 6.42 Å². The van der Waals surface area contributed by atoms with Gasteiger partial charge in [0, 0.05) is 26.6 Å². The quantitative estimate of drug-likeness (QED) is 0.713. The van der Waals surface area contributed by atoms with E-state index < -0.39 is 18.1 Å². The van der Waals surface area contributed by atoms with Crippen LogP contribution in [0.1, 0.15) is 32.6 Å². The molecule has 0 saturated carbocycles. The summed E-state index contributed by atoms with van der Waals surface area (Å²) >= 11 is 0. The predicted molar refractivity (Wildman–Crippen MR) is 66.3 cm³/mol. The van der Waals surface area contributed by atoms with Crippen molar-refractivity contribution in [3.05, 3.63) is 0 Å². The Morgan fingerprint density at radius 2 is 2.06 bits per heavy atom. The second kappa shape index (κ2) is 6.58. The van der Waals surface area contributed by atoms with Gasteiger partial charge >= 0.3 is 12.0 Å². The smallest absolute Gasteiger partial charge is 0.326 e. The van der Waals surface area contributed by atoms with E-state index in [4.69, 9.17) is 5.11 Å². The van der Waals surface area contributed by atoms with Gasteiger partial charge in [-0.1, -0.05) is 19.8 Å². The van der Waals surface area contributed by atoms with E-state index in [9.17, 15) is 14.7 Å². The van der Waals surface area contributed by atoms with E-state index in [-0.39, 0.29) is 19.0 Å². The molecular weight excluding hydrogens is 236 g/mol. The van der Waals surface area contributed by atoms with Crippen molar-refractivity contribution in [2.75, 3.05) is 20.1 Å². The van der Waals surface area contributed by atoms with Gasteiger partial charge < -0.3 is 20.0 Å². The van der Waals surface area contributed by atoms with Gasteiger partial charge in [0.2, 0.25) is 0 Å². The van der Waals surface area contributed by atoms with E-state index in [1.54, 1.807) is 7.05 Å². The third-order valence-electron chi connectivity index (χ3n) is 3.23. The van der Waals surface area contributed by atoms with Crippen LogP contribution in [0, 0.1) is 0 Å². The Morgan fingerprint density at radius 3 is 2.61 bits per heavy atom. The number of amides is 2. The highest BCUT2D eigenvalue weighted by molar-refractivity contribution is 5.83. The lowest BCUT2D eigenvalue weighted by Gasteiger charge is -2.27. The van der Waals surface area contributed by atoms with Crippen molar-refractivity contribution in [3.8, 4) is 0 Å². The first kappa shape index (κ1) is 14.8. The lowest BCUT2D eigenvalue weighted by molar-refractivity contribution is -0.141. The van der Waals surface area contributed by atoms with Crippen LogP contribution in [0.25, 0.3) is 0 Å². The summed E-state index contributed by atoms with van der Waals surface area (Å²) in [5.41, 5.74) is 0. The SMILES string of the molecule is CCCCCN(C)C(=O)N1C[C@H](O)C[C@H]1C(=O)O. The van der Waals surface area contributed by atoms with Gasteiger partial charge in [-0.2, -0.15) is 0 Å². The molecule has 1 saturated heterocycles. The Kier molecular flexibility index (Phi) is 5.40. The van der Waals surface area contributed by atoms with Crippen LogP contribution in [-0.4, -0.2) is 64.3 Å². The van der Waals surface area contributed by atoms with E-state index in [0.717, 1.165) is 19.3 Å².